The minimum absolute atomic E-state index is 0.857. The van der Waals surface area contributed by atoms with E-state index in [4.69, 9.17) is 8.83 Å². The molecular weight excluding hydrogens is 719 g/mol. The van der Waals surface area contributed by atoms with Crippen LogP contribution < -0.4 is 4.90 Å². The summed E-state index contributed by atoms with van der Waals surface area (Å²) in [6.45, 7) is 0. The highest BCUT2D eigenvalue weighted by molar-refractivity contribution is 6.26. The first-order valence-electron chi connectivity index (χ1n) is 20.1. The maximum Gasteiger partial charge on any atom is 0.136 e. The molecule has 0 N–H and O–H groups in total. The number of hydrogen-bond acceptors (Lipinski definition) is 3. The Labute approximate surface area is 340 Å². The summed E-state index contributed by atoms with van der Waals surface area (Å²) < 4.78 is 12.7. The largest absolute Gasteiger partial charge is 0.456 e. The molecule has 12 rings (SSSR count). The molecule has 59 heavy (non-hydrogen) atoms. The smallest absolute Gasteiger partial charge is 0.136 e. The van der Waals surface area contributed by atoms with E-state index in [2.05, 4.69) is 193 Å². The Morgan fingerprint density at radius 2 is 0.729 bits per heavy atom. The summed E-state index contributed by atoms with van der Waals surface area (Å²) in [7, 11) is 0. The lowest BCUT2D eigenvalue weighted by Gasteiger charge is -2.26. The number of rotatable bonds is 6. The number of anilines is 3. The molecule has 0 saturated carbocycles. The molecule has 12 aromatic rings. The SMILES string of the molecule is c1cc(-c2ccc3oc4ccc5oc6ccccc6c5c4c3c2)cc(N(c2ccc(-c3cccc4ccccc34)cc2)c2ccc(-c3cccc4ccccc34)cc2)c1. The third-order valence-electron chi connectivity index (χ3n) is 11.9. The van der Waals surface area contributed by atoms with Gasteiger partial charge in [0.15, 0.2) is 0 Å². The van der Waals surface area contributed by atoms with Crippen LogP contribution in [0.3, 0.4) is 0 Å². The highest BCUT2D eigenvalue weighted by atomic mass is 16.3. The van der Waals surface area contributed by atoms with Crippen LogP contribution in [-0.4, -0.2) is 0 Å². The van der Waals surface area contributed by atoms with Gasteiger partial charge >= 0.3 is 0 Å². The second-order valence-corrected chi connectivity index (χ2v) is 15.3. The summed E-state index contributed by atoms with van der Waals surface area (Å²) >= 11 is 0. The van der Waals surface area contributed by atoms with Crippen LogP contribution in [0.5, 0.6) is 0 Å². The average Bonchev–Trinajstić information content (AvgIpc) is 3.87. The van der Waals surface area contributed by atoms with Crippen molar-refractivity contribution < 1.29 is 8.83 Å². The van der Waals surface area contributed by atoms with Gasteiger partial charge < -0.3 is 13.7 Å². The van der Waals surface area contributed by atoms with Gasteiger partial charge in [0.05, 0.1) is 0 Å². The Balaban J connectivity index is 0.988. The molecule has 0 aliphatic carbocycles. The Kier molecular flexibility index (Phi) is 7.54. The van der Waals surface area contributed by atoms with E-state index < -0.39 is 0 Å². The zero-order valence-electron chi connectivity index (χ0n) is 32.0. The van der Waals surface area contributed by atoms with Gasteiger partial charge in [-0.25, -0.2) is 0 Å². The molecule has 0 spiro atoms. The molecule has 0 bridgehead atoms. The summed E-state index contributed by atoms with van der Waals surface area (Å²) in [5.74, 6) is 0. The van der Waals surface area contributed by atoms with Crippen LogP contribution in [0, 0.1) is 0 Å². The quantitative estimate of drug-likeness (QED) is 0.169. The predicted octanol–water partition coefficient (Wildman–Crippen LogP) is 16.3. The lowest BCUT2D eigenvalue weighted by Crippen LogP contribution is -2.10. The molecule has 3 nitrogen and oxygen atoms in total. The van der Waals surface area contributed by atoms with Crippen LogP contribution in [0.25, 0.3) is 98.8 Å². The van der Waals surface area contributed by atoms with Crippen LogP contribution >= 0.6 is 0 Å². The highest BCUT2D eigenvalue weighted by Crippen LogP contribution is 2.43. The Bertz CT molecular complexity index is 3420. The monoisotopic (exact) mass is 753 g/mol. The number of para-hydroxylation sites is 1. The summed E-state index contributed by atoms with van der Waals surface area (Å²) in [6, 6.07) is 75.9. The van der Waals surface area contributed by atoms with Crippen LogP contribution in [-0.2, 0) is 0 Å². The van der Waals surface area contributed by atoms with Gasteiger partial charge in [-0.05, 0) is 122 Å². The molecule has 3 heteroatoms. The van der Waals surface area contributed by atoms with E-state index >= 15 is 0 Å². The van der Waals surface area contributed by atoms with Crippen molar-refractivity contribution in [2.45, 2.75) is 0 Å². The van der Waals surface area contributed by atoms with Crippen molar-refractivity contribution in [2.24, 2.45) is 0 Å². The van der Waals surface area contributed by atoms with Crippen LogP contribution in [0.2, 0.25) is 0 Å². The first kappa shape index (κ1) is 33.3. The summed E-state index contributed by atoms with van der Waals surface area (Å²) in [4.78, 5) is 2.36. The summed E-state index contributed by atoms with van der Waals surface area (Å²) in [6.07, 6.45) is 0. The topological polar surface area (TPSA) is 29.5 Å². The maximum atomic E-state index is 6.43. The normalized spacial score (nSPS) is 11.7. The van der Waals surface area contributed by atoms with Crippen molar-refractivity contribution in [3.05, 3.63) is 212 Å². The minimum Gasteiger partial charge on any atom is -0.456 e. The first-order valence-corrected chi connectivity index (χ1v) is 20.1. The molecule has 10 aromatic carbocycles. The van der Waals surface area contributed by atoms with Gasteiger partial charge in [0.1, 0.15) is 22.3 Å². The average molecular weight is 754 g/mol. The van der Waals surface area contributed by atoms with E-state index in [-0.39, 0.29) is 0 Å². The third kappa shape index (κ3) is 5.51. The van der Waals surface area contributed by atoms with Crippen molar-refractivity contribution >= 4 is 82.5 Å². The summed E-state index contributed by atoms with van der Waals surface area (Å²) in [5.41, 5.74) is 13.7. The van der Waals surface area contributed by atoms with Crippen molar-refractivity contribution in [3.8, 4) is 33.4 Å². The fraction of sp³-hybridized carbons (Fsp3) is 0. The Morgan fingerprint density at radius 3 is 1.36 bits per heavy atom. The van der Waals surface area contributed by atoms with E-state index in [0.717, 1.165) is 72.1 Å². The lowest BCUT2D eigenvalue weighted by atomic mass is 9.97. The number of nitrogens with zero attached hydrogens (tertiary/aromatic N) is 1. The van der Waals surface area contributed by atoms with Crippen LogP contribution in [0.15, 0.2) is 221 Å². The van der Waals surface area contributed by atoms with E-state index in [0.29, 0.717) is 0 Å². The zero-order valence-corrected chi connectivity index (χ0v) is 32.0. The molecule has 0 saturated heterocycles. The minimum atomic E-state index is 0.857. The van der Waals surface area contributed by atoms with Crippen LogP contribution in [0.1, 0.15) is 0 Å². The Hall–Kier alpha value is -7.88. The number of hydrogen-bond donors (Lipinski definition) is 0. The van der Waals surface area contributed by atoms with E-state index in [9.17, 15) is 0 Å². The van der Waals surface area contributed by atoms with Crippen molar-refractivity contribution in [1.29, 1.82) is 0 Å². The standard InChI is InChI=1S/C56H35NO2/c1-3-16-45-36(10-1)12-8-19-47(45)38-22-27-42(28-23-38)57(43-29-24-39(25-30-43)48-20-9-13-37-11-2-4-17-46(37)48)44-15-7-14-40(34-44)41-26-31-52-50(35-41)56-54(59-52)33-32-53-55(56)49-18-5-6-21-51(49)58-53/h1-35H. The first-order chi connectivity index (χ1) is 29.2. The molecular formula is C56H35NO2. The molecule has 0 fully saturated rings. The molecule has 0 amide bonds. The van der Waals surface area contributed by atoms with E-state index in [1.165, 1.54) is 43.8 Å². The zero-order chi connectivity index (χ0) is 38.9. The van der Waals surface area contributed by atoms with Gasteiger partial charge in [0.25, 0.3) is 0 Å². The predicted molar refractivity (Wildman–Crippen MR) is 247 cm³/mol. The molecule has 0 atom stereocenters. The van der Waals surface area contributed by atoms with E-state index in [1.54, 1.807) is 0 Å². The fourth-order valence-electron chi connectivity index (χ4n) is 9.07. The molecule has 0 aliphatic rings. The second-order valence-electron chi connectivity index (χ2n) is 15.3. The van der Waals surface area contributed by atoms with Gasteiger partial charge in [0, 0.05) is 38.6 Å². The maximum absolute atomic E-state index is 6.43. The van der Waals surface area contributed by atoms with Crippen LogP contribution in [0.4, 0.5) is 17.1 Å². The molecule has 2 heterocycles. The molecule has 0 unspecified atom stereocenters. The highest BCUT2D eigenvalue weighted by Gasteiger charge is 2.19. The molecule has 0 radical (unpaired) electrons. The van der Waals surface area contributed by atoms with Gasteiger partial charge in [0.2, 0.25) is 0 Å². The van der Waals surface area contributed by atoms with Gasteiger partial charge in [-0.15, -0.1) is 0 Å². The van der Waals surface area contributed by atoms with Gasteiger partial charge in [-0.3, -0.25) is 0 Å². The lowest BCUT2D eigenvalue weighted by molar-refractivity contribution is 0.663. The number of benzene rings is 10. The molecule has 0 aliphatic heterocycles. The third-order valence-corrected chi connectivity index (χ3v) is 11.9. The summed E-state index contributed by atoms with van der Waals surface area (Å²) in [5, 5.41) is 9.32. The fourth-order valence-corrected chi connectivity index (χ4v) is 9.07. The number of fused-ring (bicyclic) bond motifs is 9. The van der Waals surface area contributed by atoms with Crippen molar-refractivity contribution in [1.82, 2.24) is 0 Å². The van der Waals surface area contributed by atoms with E-state index in [1.807, 2.05) is 24.3 Å². The molecule has 276 valence electrons. The molecule has 2 aromatic heterocycles. The second kappa shape index (κ2) is 13.4. The van der Waals surface area contributed by atoms with Crippen molar-refractivity contribution in [2.75, 3.05) is 4.90 Å². The van der Waals surface area contributed by atoms with Gasteiger partial charge in [-0.2, -0.15) is 0 Å². The van der Waals surface area contributed by atoms with Crippen molar-refractivity contribution in [3.63, 3.8) is 0 Å². The van der Waals surface area contributed by atoms with Gasteiger partial charge in [-0.1, -0.05) is 146 Å². The number of furan rings is 2. The Morgan fingerprint density at radius 1 is 0.271 bits per heavy atom.